The first-order valence-electron chi connectivity index (χ1n) is 13.3. The van der Waals surface area contributed by atoms with Crippen molar-refractivity contribution < 1.29 is 0 Å². The van der Waals surface area contributed by atoms with Gasteiger partial charge in [-0.15, -0.1) is 0 Å². The maximum atomic E-state index is 5.33. The molecule has 37 heavy (non-hydrogen) atoms. The Morgan fingerprint density at radius 2 is 0.973 bits per heavy atom. The molecule has 196 valence electrons. The first-order valence-corrected chi connectivity index (χ1v) is 20.2. The molecule has 0 N–H and O–H groups in total. The molecule has 0 amide bonds. The summed E-state index contributed by atoms with van der Waals surface area (Å²) in [6, 6.07) is 32.0. The fourth-order valence-electron chi connectivity index (χ4n) is 3.94. The van der Waals surface area contributed by atoms with Gasteiger partial charge in [-0.3, -0.25) is 0 Å². The van der Waals surface area contributed by atoms with E-state index in [4.69, 9.17) is 10.2 Å². The van der Waals surface area contributed by atoms with Gasteiger partial charge in [0.05, 0.1) is 18.8 Å². The zero-order valence-corrected chi connectivity index (χ0v) is 25.8. The Morgan fingerprint density at radius 1 is 0.568 bits per heavy atom. The molecule has 0 spiro atoms. The maximum Gasteiger partial charge on any atom is 0.169 e. The third-order valence-corrected chi connectivity index (χ3v) is 9.88. The molecule has 3 aromatic rings. The predicted octanol–water partition coefficient (Wildman–Crippen LogP) is 8.22. The molecule has 0 heterocycles. The largest absolute Gasteiger partial charge is 0.320 e. The van der Waals surface area contributed by atoms with Crippen LogP contribution in [0.4, 0.5) is 0 Å². The first-order chi connectivity index (χ1) is 17.5. The van der Waals surface area contributed by atoms with Crippen LogP contribution in [0.15, 0.2) is 101 Å². The van der Waals surface area contributed by atoms with Crippen LogP contribution in [0.2, 0.25) is 39.3 Å². The minimum atomic E-state index is -1.70. The Morgan fingerprint density at radius 3 is 1.41 bits per heavy atom. The van der Waals surface area contributed by atoms with Crippen molar-refractivity contribution in [2.24, 2.45) is 10.2 Å². The molecule has 3 rings (SSSR count). The van der Waals surface area contributed by atoms with Gasteiger partial charge in [0.25, 0.3) is 0 Å². The number of hydrazone groups is 2. The van der Waals surface area contributed by atoms with Crippen LogP contribution in [0, 0.1) is 0 Å². The van der Waals surface area contributed by atoms with E-state index in [9.17, 15) is 0 Å². The Balaban J connectivity index is 1.85. The van der Waals surface area contributed by atoms with Crippen molar-refractivity contribution in [3.63, 3.8) is 0 Å². The lowest BCUT2D eigenvalue weighted by Crippen LogP contribution is -2.42. The number of rotatable bonds is 12. The summed E-state index contributed by atoms with van der Waals surface area (Å²) in [6.07, 6.45) is 1.74. The van der Waals surface area contributed by atoms with E-state index in [1.165, 1.54) is 16.7 Å². The van der Waals surface area contributed by atoms with Crippen LogP contribution in [-0.4, -0.2) is 37.2 Å². The van der Waals surface area contributed by atoms with Crippen LogP contribution in [0.5, 0.6) is 0 Å². The third kappa shape index (κ3) is 9.45. The van der Waals surface area contributed by atoms with E-state index in [1.54, 1.807) is 0 Å². The Kier molecular flexibility index (Phi) is 10.1. The van der Waals surface area contributed by atoms with Crippen molar-refractivity contribution in [2.75, 3.05) is 0 Å². The van der Waals surface area contributed by atoms with Crippen LogP contribution in [0.3, 0.4) is 0 Å². The molecular formula is C31H44N4Si2. The van der Waals surface area contributed by atoms with Gasteiger partial charge in [-0.2, -0.15) is 10.2 Å². The van der Waals surface area contributed by atoms with Crippen LogP contribution in [0.1, 0.15) is 36.5 Å². The highest BCUT2D eigenvalue weighted by molar-refractivity contribution is 6.73. The van der Waals surface area contributed by atoms with E-state index >= 15 is 0 Å². The lowest BCUT2D eigenvalue weighted by Gasteiger charge is -2.33. The molecule has 0 aliphatic rings. The number of hydrogen-bond donors (Lipinski definition) is 0. The fourth-order valence-corrected chi connectivity index (χ4v) is 6.15. The van der Waals surface area contributed by atoms with E-state index in [1.807, 2.05) is 0 Å². The van der Waals surface area contributed by atoms with Gasteiger partial charge in [0, 0.05) is 5.71 Å². The molecule has 6 heteroatoms. The topological polar surface area (TPSA) is 31.2 Å². The zero-order valence-electron chi connectivity index (χ0n) is 23.8. The van der Waals surface area contributed by atoms with Gasteiger partial charge in [-0.05, 0) is 36.5 Å². The maximum absolute atomic E-state index is 5.33. The number of benzene rings is 3. The highest BCUT2D eigenvalue weighted by Crippen LogP contribution is 2.19. The second kappa shape index (κ2) is 13.0. The highest BCUT2D eigenvalue weighted by atomic mass is 28.3. The van der Waals surface area contributed by atoms with Crippen molar-refractivity contribution in [3.8, 4) is 0 Å². The first kappa shape index (κ1) is 28.6. The lowest BCUT2D eigenvalue weighted by atomic mass is 10.0. The Labute approximate surface area is 226 Å². The summed E-state index contributed by atoms with van der Waals surface area (Å²) >= 11 is 0. The summed E-state index contributed by atoms with van der Waals surface area (Å²) in [7, 11) is -3.34. The van der Waals surface area contributed by atoms with E-state index in [0.29, 0.717) is 0 Å². The molecule has 0 saturated carbocycles. The van der Waals surface area contributed by atoms with Crippen molar-refractivity contribution in [1.82, 2.24) is 9.35 Å². The van der Waals surface area contributed by atoms with E-state index < -0.39 is 16.5 Å². The third-order valence-electron chi connectivity index (χ3n) is 6.26. The van der Waals surface area contributed by atoms with Crippen LogP contribution < -0.4 is 0 Å². The summed E-state index contributed by atoms with van der Waals surface area (Å²) in [5.41, 5.74) is 6.09. The normalized spacial score (nSPS) is 12.9. The van der Waals surface area contributed by atoms with Gasteiger partial charge < -0.3 is 9.35 Å². The van der Waals surface area contributed by atoms with Gasteiger partial charge in [0.2, 0.25) is 0 Å². The van der Waals surface area contributed by atoms with Crippen LogP contribution >= 0.6 is 0 Å². The predicted molar refractivity (Wildman–Crippen MR) is 166 cm³/mol. The molecule has 0 atom stereocenters. The standard InChI is InChI=1S/C31H44N4Si2/c1-27(32-34(36(2,3)4)25-28-17-11-8-12-18-28)23-24-31(30-21-15-10-16-22-30)33-35(37(5,6)7)26-29-19-13-9-14-20-29/h8-22H,23-26H2,1-7H3. The van der Waals surface area contributed by atoms with E-state index in [0.717, 1.165) is 37.4 Å². The molecular weight excluding hydrogens is 485 g/mol. The Bertz CT molecular complexity index is 1150. The molecule has 0 bridgehead atoms. The van der Waals surface area contributed by atoms with E-state index in [2.05, 4.69) is 147 Å². The molecule has 3 aromatic carbocycles. The molecule has 0 fully saturated rings. The summed E-state index contributed by atoms with van der Waals surface area (Å²) in [5.74, 6) is 0. The van der Waals surface area contributed by atoms with Gasteiger partial charge >= 0.3 is 0 Å². The summed E-state index contributed by atoms with van der Waals surface area (Å²) in [4.78, 5) is 0. The Hall–Kier alpha value is -2.97. The van der Waals surface area contributed by atoms with Gasteiger partial charge in [0.1, 0.15) is 0 Å². The molecule has 4 nitrogen and oxygen atoms in total. The lowest BCUT2D eigenvalue weighted by molar-refractivity contribution is 0.440. The van der Waals surface area contributed by atoms with Crippen molar-refractivity contribution in [1.29, 1.82) is 0 Å². The fraction of sp³-hybridized carbons (Fsp3) is 0.355. The summed E-state index contributed by atoms with van der Waals surface area (Å²) in [6.45, 7) is 18.0. The minimum Gasteiger partial charge on any atom is -0.320 e. The minimum absolute atomic E-state index is 0.834. The van der Waals surface area contributed by atoms with Crippen molar-refractivity contribution in [3.05, 3.63) is 108 Å². The second-order valence-corrected chi connectivity index (χ2v) is 21.4. The smallest absolute Gasteiger partial charge is 0.169 e. The van der Waals surface area contributed by atoms with Crippen LogP contribution in [0.25, 0.3) is 0 Å². The monoisotopic (exact) mass is 528 g/mol. The molecule has 0 aromatic heterocycles. The molecule has 0 saturated heterocycles. The average Bonchev–Trinajstić information content (AvgIpc) is 2.86. The quantitative estimate of drug-likeness (QED) is 0.135. The second-order valence-electron chi connectivity index (χ2n) is 11.7. The van der Waals surface area contributed by atoms with Gasteiger partial charge in [-0.25, -0.2) is 0 Å². The zero-order chi connectivity index (χ0) is 26.9. The summed E-state index contributed by atoms with van der Waals surface area (Å²) < 4.78 is 4.71. The SMILES string of the molecule is CC(CCC(=NN(Cc1ccccc1)[Si](C)(C)C)c1ccccc1)=NN(Cc1ccccc1)[Si](C)(C)C. The number of hydrogen-bond acceptors (Lipinski definition) is 4. The molecule has 0 aliphatic heterocycles. The highest BCUT2D eigenvalue weighted by Gasteiger charge is 2.25. The van der Waals surface area contributed by atoms with Crippen molar-refractivity contribution >= 4 is 27.9 Å². The van der Waals surface area contributed by atoms with Gasteiger partial charge in [-0.1, -0.05) is 130 Å². The summed E-state index contributed by atoms with van der Waals surface area (Å²) in [5, 5.41) is 10.5. The van der Waals surface area contributed by atoms with Gasteiger partial charge in [0.15, 0.2) is 16.5 Å². The van der Waals surface area contributed by atoms with Crippen LogP contribution in [-0.2, 0) is 13.1 Å². The van der Waals surface area contributed by atoms with Crippen molar-refractivity contribution in [2.45, 2.75) is 72.1 Å². The molecule has 0 aliphatic carbocycles. The molecule has 0 unspecified atom stereocenters. The molecule has 0 radical (unpaired) electrons. The average molecular weight is 529 g/mol. The number of nitrogens with zero attached hydrogens (tertiary/aromatic N) is 4. The van der Waals surface area contributed by atoms with E-state index in [-0.39, 0.29) is 0 Å².